The first-order valence-electron chi connectivity index (χ1n) is 25.2. The van der Waals surface area contributed by atoms with Gasteiger partial charge in [0.25, 0.3) is 0 Å². The Labute approximate surface area is 487 Å². The van der Waals surface area contributed by atoms with Gasteiger partial charge in [-0.2, -0.15) is 29.9 Å². The molecule has 15 heterocycles. The number of rotatable bonds is 4. The van der Waals surface area contributed by atoms with Crippen molar-refractivity contribution in [2.45, 2.75) is 22.3 Å². The second-order valence-electron chi connectivity index (χ2n) is 18.4. The van der Waals surface area contributed by atoms with Gasteiger partial charge in [-0.3, -0.25) is 9.97 Å². The number of pyridine rings is 10. The van der Waals surface area contributed by atoms with Crippen LogP contribution in [-0.4, -0.2) is 93.9 Å². The number of aromatic amines is 1. The molecule has 0 unspecified atom stereocenters. The Morgan fingerprint density at radius 2 is 0.607 bits per heavy atom. The Morgan fingerprint density at radius 1 is 0.286 bits per heavy atom. The lowest BCUT2D eigenvalue weighted by Crippen LogP contribution is -2.11. The molecule has 0 fully saturated rings. The van der Waals surface area contributed by atoms with Gasteiger partial charge in [0, 0.05) is 103 Å². The lowest BCUT2D eigenvalue weighted by atomic mass is 10.1. The number of benzene rings is 2. The van der Waals surface area contributed by atoms with Gasteiger partial charge >= 0.3 is 0 Å². The SMILES string of the molecule is C.C.C.Clc1nc(Cl)nc(-c2ccc3ccc4cccnc4c3n2)n1.c1cnc2[nH]c3ncccc3c2c1.c1cnc2c(c1)ccc1ccc(-c3nc(-n4c5ncccc5c5cccnc54)nc(-n4c5ncccc5c5cccnc54)n3)nc12. The molecule has 406 valence electrons. The fourth-order valence-corrected chi connectivity index (χ4v) is 10.4. The summed E-state index contributed by atoms with van der Waals surface area (Å²) in [5, 5.41) is 10.1. The van der Waals surface area contributed by atoms with Crippen molar-refractivity contribution in [3.05, 3.63) is 206 Å². The van der Waals surface area contributed by atoms with Crippen molar-refractivity contribution in [1.29, 1.82) is 0 Å². The van der Waals surface area contributed by atoms with E-state index in [1.54, 1.807) is 49.6 Å². The molecule has 19 nitrogen and oxygen atoms in total. The van der Waals surface area contributed by atoms with Gasteiger partial charge in [0.05, 0.1) is 22.1 Å². The second-order valence-corrected chi connectivity index (χ2v) is 19.0. The molecule has 2 aromatic carbocycles. The Bertz CT molecular complexity index is 5030. The van der Waals surface area contributed by atoms with Crippen molar-refractivity contribution in [3.63, 3.8) is 0 Å². The molecule has 21 heteroatoms. The Morgan fingerprint density at radius 3 is 1.01 bits per heavy atom. The average molecular weight is 1140 g/mol. The van der Waals surface area contributed by atoms with Crippen molar-refractivity contribution in [1.82, 2.24) is 93.9 Å². The van der Waals surface area contributed by atoms with Gasteiger partial charge < -0.3 is 4.98 Å². The molecule has 0 saturated heterocycles. The number of hydrogen-bond donors (Lipinski definition) is 1. The summed E-state index contributed by atoms with van der Waals surface area (Å²) in [4.78, 5) is 76.3. The minimum Gasteiger partial charge on any atom is -0.324 e. The summed E-state index contributed by atoms with van der Waals surface area (Å²) in [5.74, 6) is 1.40. The molecule has 0 amide bonds. The van der Waals surface area contributed by atoms with Crippen LogP contribution in [0, 0.1) is 0 Å². The Hall–Kier alpha value is -11.0. The quantitative estimate of drug-likeness (QED) is 0.161. The van der Waals surface area contributed by atoms with Crippen molar-refractivity contribution in [2.75, 3.05) is 0 Å². The van der Waals surface area contributed by atoms with Crippen molar-refractivity contribution in [3.8, 4) is 34.9 Å². The van der Waals surface area contributed by atoms with E-state index in [0.29, 0.717) is 57.5 Å². The Kier molecular flexibility index (Phi) is 14.1. The van der Waals surface area contributed by atoms with Crippen LogP contribution >= 0.6 is 23.2 Å². The van der Waals surface area contributed by atoms with E-state index >= 15 is 0 Å². The first-order valence-corrected chi connectivity index (χ1v) is 25.9. The normalized spacial score (nSPS) is 11.2. The third kappa shape index (κ3) is 9.33. The minimum atomic E-state index is 0. The molecule has 0 spiro atoms. The molecule has 17 aromatic rings. The van der Waals surface area contributed by atoms with Gasteiger partial charge in [-0.1, -0.05) is 70.8 Å². The van der Waals surface area contributed by atoms with Gasteiger partial charge in [-0.05, 0) is 120 Å². The van der Waals surface area contributed by atoms with Crippen molar-refractivity contribution >= 4 is 133 Å². The van der Waals surface area contributed by atoms with Crippen LogP contribution in [0.5, 0.6) is 0 Å². The smallest absolute Gasteiger partial charge is 0.242 e. The fraction of sp³-hybridized carbons (Fsp3) is 0.0476. The van der Waals surface area contributed by atoms with Gasteiger partial charge in [-0.25, -0.2) is 49.0 Å². The number of H-pyrrole nitrogens is 1. The molecule has 0 radical (unpaired) electrons. The Balaban J connectivity index is 0.000000151. The molecule has 0 bridgehead atoms. The van der Waals surface area contributed by atoms with Gasteiger partial charge in [0.1, 0.15) is 45.3 Å². The number of nitrogens with zero attached hydrogens (tertiary/aromatic N) is 18. The first kappa shape index (κ1) is 53.6. The summed E-state index contributed by atoms with van der Waals surface area (Å²) < 4.78 is 3.73. The zero-order valence-corrected chi connectivity index (χ0v) is 43.3. The standard InChI is InChI=1S/C35H19N11.C15H7Cl2N5.C10H7N3.3CH4/c1-6-20-11-12-21-13-14-26(41-28(21)27(20)36-15-1)29-42-34(45-30-22(7-2-16-37-30)23-8-3-17-38-31(23)45)44-35(43-29)46-32-24(9-4-18-39-32)25-10-5-19-40-33(25)46;16-14-20-13(21-15(17)22-14)10-6-5-9-4-3-8-2-1-7-18-11(8)12(9)19-10;1-3-7-8-4-2-6-12-10(8)13-9(7)11-5-1;;;/h1-19H;1-7H;1-6H,(H,11,12,13);3*1H4. The summed E-state index contributed by atoms with van der Waals surface area (Å²) >= 11 is 11.7. The topological polar surface area (TPSA) is 232 Å². The van der Waals surface area contributed by atoms with Crippen LogP contribution in [0.1, 0.15) is 22.3 Å². The third-order valence-corrected chi connectivity index (χ3v) is 14.0. The number of halogens is 2. The van der Waals surface area contributed by atoms with Crippen molar-refractivity contribution < 1.29 is 0 Å². The highest BCUT2D eigenvalue weighted by Crippen LogP contribution is 2.33. The molecule has 0 aliphatic carbocycles. The highest BCUT2D eigenvalue weighted by atomic mass is 35.5. The van der Waals surface area contributed by atoms with E-state index in [4.69, 9.17) is 63.1 Å². The zero-order chi connectivity index (χ0) is 54.0. The van der Waals surface area contributed by atoms with E-state index in [0.717, 1.165) is 87.2 Å². The summed E-state index contributed by atoms with van der Waals surface area (Å²) in [7, 11) is 0. The third-order valence-electron chi connectivity index (χ3n) is 13.6. The molecule has 0 saturated carbocycles. The fourth-order valence-electron chi connectivity index (χ4n) is 10.1. The summed E-state index contributed by atoms with van der Waals surface area (Å²) in [5.41, 5.74) is 8.83. The van der Waals surface area contributed by atoms with Crippen LogP contribution < -0.4 is 0 Å². The van der Waals surface area contributed by atoms with E-state index in [-0.39, 0.29) is 32.8 Å². The van der Waals surface area contributed by atoms with Crippen LogP contribution in [0.2, 0.25) is 10.6 Å². The lowest BCUT2D eigenvalue weighted by molar-refractivity contribution is 0.873. The monoisotopic (exact) mass is 1140 g/mol. The van der Waals surface area contributed by atoms with Crippen LogP contribution in [-0.2, 0) is 0 Å². The molecular formula is C63H45Cl2N19. The van der Waals surface area contributed by atoms with Crippen LogP contribution in [0.25, 0.3) is 145 Å². The number of hydrogen-bond acceptors (Lipinski definition) is 16. The maximum Gasteiger partial charge on any atom is 0.242 e. The zero-order valence-electron chi connectivity index (χ0n) is 41.8. The maximum absolute atomic E-state index is 5.83. The van der Waals surface area contributed by atoms with E-state index < -0.39 is 0 Å². The minimum absolute atomic E-state index is 0. The molecule has 15 aromatic heterocycles. The summed E-state index contributed by atoms with van der Waals surface area (Å²) in [6.45, 7) is 0. The molecule has 0 atom stereocenters. The number of fused-ring (bicyclic) bond motifs is 15. The van der Waals surface area contributed by atoms with Gasteiger partial charge in [0.2, 0.25) is 22.5 Å². The predicted molar refractivity (Wildman–Crippen MR) is 333 cm³/mol. The maximum atomic E-state index is 5.83. The summed E-state index contributed by atoms with van der Waals surface area (Å²) in [6.07, 6.45) is 14.1. The van der Waals surface area contributed by atoms with Gasteiger partial charge in [0.15, 0.2) is 11.6 Å². The highest BCUT2D eigenvalue weighted by molar-refractivity contribution is 6.31. The summed E-state index contributed by atoms with van der Waals surface area (Å²) in [6, 6.07) is 47.4. The first-order chi connectivity index (χ1) is 40.0. The lowest BCUT2D eigenvalue weighted by Gasteiger charge is -2.11. The highest BCUT2D eigenvalue weighted by Gasteiger charge is 2.23. The van der Waals surface area contributed by atoms with Crippen LogP contribution in [0.3, 0.4) is 0 Å². The second kappa shape index (κ2) is 22.1. The van der Waals surface area contributed by atoms with E-state index in [2.05, 4.69) is 50.9 Å². The molecule has 0 aliphatic rings. The van der Waals surface area contributed by atoms with E-state index in [1.165, 1.54) is 0 Å². The van der Waals surface area contributed by atoms with Gasteiger partial charge in [-0.15, -0.1) is 0 Å². The van der Waals surface area contributed by atoms with E-state index in [1.807, 2.05) is 149 Å². The molecular weight excluding hydrogens is 1090 g/mol. The molecule has 1 N–H and O–H groups in total. The predicted octanol–water partition coefficient (Wildman–Crippen LogP) is 14.4. The molecule has 0 aliphatic heterocycles. The van der Waals surface area contributed by atoms with Crippen LogP contribution in [0.4, 0.5) is 0 Å². The number of aromatic nitrogens is 19. The van der Waals surface area contributed by atoms with Crippen LogP contribution in [0.15, 0.2) is 195 Å². The molecule has 17 rings (SSSR count). The largest absolute Gasteiger partial charge is 0.324 e. The average Bonchev–Trinajstić information content (AvgIpc) is 4.37. The van der Waals surface area contributed by atoms with Crippen molar-refractivity contribution in [2.24, 2.45) is 0 Å². The molecule has 84 heavy (non-hydrogen) atoms. The van der Waals surface area contributed by atoms with E-state index in [9.17, 15) is 0 Å². The number of nitrogens with one attached hydrogen (secondary N) is 1.